The van der Waals surface area contributed by atoms with Gasteiger partial charge >= 0.3 is 0 Å². The zero-order valence-electron chi connectivity index (χ0n) is 22.4. The lowest BCUT2D eigenvalue weighted by atomic mass is 9.84. The molecule has 1 atom stereocenters. The number of benzene rings is 3. The predicted octanol–water partition coefficient (Wildman–Crippen LogP) is 5.21. The Morgan fingerprint density at radius 1 is 1.05 bits per heavy atom. The lowest BCUT2D eigenvalue weighted by Crippen LogP contribution is -2.43. The van der Waals surface area contributed by atoms with Crippen LogP contribution in [-0.4, -0.2) is 42.0 Å². The van der Waals surface area contributed by atoms with E-state index in [1.807, 2.05) is 20.8 Å². The molecule has 2 amide bonds. The molecule has 0 aromatic heterocycles. The molecule has 0 bridgehead atoms. The van der Waals surface area contributed by atoms with E-state index in [-0.39, 0.29) is 40.0 Å². The van der Waals surface area contributed by atoms with Crippen molar-refractivity contribution < 1.29 is 27.5 Å². The quantitative estimate of drug-likeness (QED) is 0.444. The third-order valence-corrected chi connectivity index (χ3v) is 8.24. The summed E-state index contributed by atoms with van der Waals surface area (Å²) in [7, 11) is -4.24. The molecule has 0 radical (unpaired) electrons. The average Bonchev–Trinajstić information content (AvgIpc) is 3.28. The molecular formula is C30H28FN3O5S. The van der Waals surface area contributed by atoms with Crippen molar-refractivity contribution in [3.05, 3.63) is 95.0 Å². The molecule has 206 valence electrons. The molecule has 0 unspecified atom stereocenters. The van der Waals surface area contributed by atoms with Crippen molar-refractivity contribution in [2.24, 2.45) is 9.81 Å². The van der Waals surface area contributed by atoms with Gasteiger partial charge in [-0.2, -0.15) is 12.8 Å². The van der Waals surface area contributed by atoms with Crippen molar-refractivity contribution in [3.8, 4) is 11.1 Å². The van der Waals surface area contributed by atoms with Gasteiger partial charge in [-0.15, -0.1) is 0 Å². The molecule has 2 heterocycles. The molecule has 2 aliphatic heterocycles. The van der Waals surface area contributed by atoms with Gasteiger partial charge in [0.05, 0.1) is 6.04 Å². The fourth-order valence-electron chi connectivity index (χ4n) is 5.30. The van der Waals surface area contributed by atoms with Gasteiger partial charge in [-0.05, 0) is 40.8 Å². The van der Waals surface area contributed by atoms with Crippen molar-refractivity contribution in [2.45, 2.75) is 45.2 Å². The molecule has 0 spiro atoms. The lowest BCUT2D eigenvalue weighted by Gasteiger charge is -2.35. The summed E-state index contributed by atoms with van der Waals surface area (Å²) in [6.45, 7) is 7.05. The van der Waals surface area contributed by atoms with Gasteiger partial charge < -0.3 is 15.3 Å². The van der Waals surface area contributed by atoms with Crippen LogP contribution >= 0.6 is 0 Å². The minimum Gasteiger partial charge on any atom is -0.509 e. The first-order chi connectivity index (χ1) is 18.8. The molecule has 2 N–H and O–H groups in total. The Labute approximate surface area is 231 Å². The number of halogens is 1. The van der Waals surface area contributed by atoms with Crippen LogP contribution < -0.4 is 5.32 Å². The van der Waals surface area contributed by atoms with Gasteiger partial charge in [0, 0.05) is 30.3 Å². The van der Waals surface area contributed by atoms with E-state index in [0.717, 1.165) is 0 Å². The van der Waals surface area contributed by atoms with E-state index < -0.39 is 33.2 Å². The van der Waals surface area contributed by atoms with Gasteiger partial charge in [0.15, 0.2) is 0 Å². The molecule has 8 nitrogen and oxygen atoms in total. The van der Waals surface area contributed by atoms with Crippen LogP contribution in [0.3, 0.4) is 0 Å². The van der Waals surface area contributed by atoms with Crippen LogP contribution in [0.5, 0.6) is 0 Å². The zero-order valence-corrected chi connectivity index (χ0v) is 23.2. The van der Waals surface area contributed by atoms with E-state index in [1.54, 1.807) is 54.6 Å². The molecule has 3 aromatic rings. The minimum absolute atomic E-state index is 0.0808. The normalized spacial score (nSPS) is 18.1. The Bertz CT molecular complexity index is 1720. The fourth-order valence-corrected chi connectivity index (χ4v) is 6.72. The Kier molecular flexibility index (Phi) is 6.62. The van der Waals surface area contributed by atoms with Crippen LogP contribution in [0.2, 0.25) is 0 Å². The SMILES string of the molecule is CC(=O)Nc1cccc(-c2cccc3c2S(=O)(=O)N=C3C2=C(O)[C@H](C(C)(C)C)N(Cc3ccc(F)cc3)C2=O)c1. The molecular weight excluding hydrogens is 533 g/mol. The molecule has 10 heteroatoms. The molecule has 0 saturated carbocycles. The molecule has 40 heavy (non-hydrogen) atoms. The van der Waals surface area contributed by atoms with Crippen LogP contribution in [-0.2, 0) is 26.2 Å². The summed E-state index contributed by atoms with van der Waals surface area (Å²) in [5, 5.41) is 14.1. The molecule has 0 fully saturated rings. The number of aliphatic hydroxyl groups is 1. The van der Waals surface area contributed by atoms with Gasteiger partial charge in [0.25, 0.3) is 15.9 Å². The predicted molar refractivity (Wildman–Crippen MR) is 150 cm³/mol. The maximum atomic E-state index is 13.9. The summed E-state index contributed by atoms with van der Waals surface area (Å²) < 4.78 is 44.4. The second kappa shape index (κ2) is 9.71. The van der Waals surface area contributed by atoms with Gasteiger partial charge in [-0.1, -0.05) is 63.2 Å². The van der Waals surface area contributed by atoms with Gasteiger partial charge in [-0.3, -0.25) is 9.59 Å². The average molecular weight is 562 g/mol. The molecule has 0 aliphatic carbocycles. The summed E-state index contributed by atoms with van der Waals surface area (Å²) in [5.41, 5.74) is 1.33. The van der Waals surface area contributed by atoms with Crippen LogP contribution in [0.1, 0.15) is 38.8 Å². The van der Waals surface area contributed by atoms with E-state index >= 15 is 0 Å². The Morgan fingerprint density at radius 3 is 2.35 bits per heavy atom. The number of hydrogen-bond acceptors (Lipinski definition) is 5. The molecule has 3 aromatic carbocycles. The van der Waals surface area contributed by atoms with Crippen LogP contribution in [0.25, 0.3) is 11.1 Å². The first kappa shape index (κ1) is 27.3. The number of carbonyl (C=O) groups excluding carboxylic acids is 2. The highest BCUT2D eigenvalue weighted by molar-refractivity contribution is 7.91. The highest BCUT2D eigenvalue weighted by atomic mass is 32.2. The maximum absolute atomic E-state index is 13.9. The third kappa shape index (κ3) is 4.79. The number of hydrogen-bond donors (Lipinski definition) is 2. The van der Waals surface area contributed by atoms with Crippen molar-refractivity contribution in [3.63, 3.8) is 0 Å². The van der Waals surface area contributed by atoms with E-state index in [0.29, 0.717) is 22.4 Å². The van der Waals surface area contributed by atoms with Crippen LogP contribution in [0.15, 0.2) is 87.4 Å². The number of rotatable bonds is 5. The monoisotopic (exact) mass is 561 g/mol. The fraction of sp³-hybridized carbons (Fsp3) is 0.233. The van der Waals surface area contributed by atoms with Crippen molar-refractivity contribution >= 4 is 33.2 Å². The van der Waals surface area contributed by atoms with Crippen molar-refractivity contribution in [2.75, 3.05) is 5.32 Å². The number of amides is 2. The first-order valence-corrected chi connectivity index (χ1v) is 14.1. The zero-order chi connectivity index (χ0) is 29.0. The number of fused-ring (bicyclic) bond motifs is 1. The number of anilines is 1. The third-order valence-electron chi connectivity index (χ3n) is 6.86. The Hall–Kier alpha value is -4.31. The molecule has 0 saturated heterocycles. The van der Waals surface area contributed by atoms with Crippen LogP contribution in [0, 0.1) is 11.2 Å². The summed E-state index contributed by atoms with van der Waals surface area (Å²) >= 11 is 0. The number of sulfonamides is 1. The summed E-state index contributed by atoms with van der Waals surface area (Å²) in [5.74, 6) is -1.51. The number of nitrogens with one attached hydrogen (secondary N) is 1. The van der Waals surface area contributed by atoms with Crippen molar-refractivity contribution in [1.82, 2.24) is 4.90 Å². The van der Waals surface area contributed by atoms with Gasteiger partial charge in [-0.25, -0.2) is 4.39 Å². The van der Waals surface area contributed by atoms with Gasteiger partial charge in [0.2, 0.25) is 5.91 Å². The molecule has 2 aliphatic rings. The van der Waals surface area contributed by atoms with Crippen LogP contribution in [0.4, 0.5) is 10.1 Å². The summed E-state index contributed by atoms with van der Waals surface area (Å²) in [4.78, 5) is 26.8. The second-order valence-electron chi connectivity index (χ2n) is 10.9. The number of aliphatic hydroxyl groups excluding tert-OH is 1. The Morgan fingerprint density at radius 2 is 1.70 bits per heavy atom. The Balaban J connectivity index is 1.62. The van der Waals surface area contributed by atoms with Crippen molar-refractivity contribution in [1.29, 1.82) is 0 Å². The van der Waals surface area contributed by atoms with E-state index in [4.69, 9.17) is 0 Å². The van der Waals surface area contributed by atoms with E-state index in [1.165, 1.54) is 24.0 Å². The van der Waals surface area contributed by atoms with E-state index in [9.17, 15) is 27.5 Å². The summed E-state index contributed by atoms with van der Waals surface area (Å²) in [6, 6.07) is 16.5. The van der Waals surface area contributed by atoms with E-state index in [2.05, 4.69) is 9.71 Å². The first-order valence-electron chi connectivity index (χ1n) is 12.6. The highest BCUT2D eigenvalue weighted by Crippen LogP contribution is 2.43. The maximum Gasteiger partial charge on any atom is 0.284 e. The molecule has 5 rings (SSSR count). The second-order valence-corrected chi connectivity index (χ2v) is 12.5. The number of carbonyl (C=O) groups is 2. The minimum atomic E-state index is -4.24. The number of nitrogens with zero attached hydrogens (tertiary/aromatic N) is 2. The summed E-state index contributed by atoms with van der Waals surface area (Å²) in [6.07, 6.45) is 0. The highest BCUT2D eigenvalue weighted by Gasteiger charge is 2.49. The lowest BCUT2D eigenvalue weighted by molar-refractivity contribution is -0.129. The smallest absolute Gasteiger partial charge is 0.284 e. The standard InChI is InChI=1S/C30H28FN3O5S/c1-17(35)32-21-8-5-7-19(15-21)22-9-6-10-23-25(33-40(38,39)27(22)23)24-26(36)28(30(2,3)4)34(29(24)37)16-18-11-13-20(31)14-12-18/h5-15,28,36H,16H2,1-4H3,(H,32,35)/t28-/m1/s1. The van der Waals surface area contributed by atoms with Gasteiger partial charge in [0.1, 0.15) is 27.8 Å². The topological polar surface area (TPSA) is 116 Å². The largest absolute Gasteiger partial charge is 0.509 e.